The van der Waals surface area contributed by atoms with E-state index in [1.807, 2.05) is 0 Å². The second-order valence-electron chi connectivity index (χ2n) is 3.10. The smallest absolute Gasteiger partial charge is 0.338 e. The van der Waals surface area contributed by atoms with Gasteiger partial charge in [-0.05, 0) is 25.1 Å². The maximum atomic E-state index is 11.2. The summed E-state index contributed by atoms with van der Waals surface area (Å²) < 4.78 is 5.03. The molecule has 0 amide bonds. The van der Waals surface area contributed by atoms with Crippen molar-refractivity contribution in [1.29, 1.82) is 0 Å². The Labute approximate surface area is 88.3 Å². The van der Waals surface area contributed by atoms with Crippen LogP contribution in [0.1, 0.15) is 12.5 Å². The van der Waals surface area contributed by atoms with E-state index in [-0.39, 0.29) is 5.75 Å². The summed E-state index contributed by atoms with van der Waals surface area (Å²) in [5.74, 6) is -0.0420. The van der Waals surface area contributed by atoms with E-state index in [1.54, 1.807) is 6.92 Å². The second kappa shape index (κ2) is 4.46. The quantitative estimate of drug-likeness (QED) is 0.467. The maximum Gasteiger partial charge on any atom is 0.338 e. The molecule has 1 aromatic rings. The molecule has 0 atom stereocenters. The Balaban J connectivity index is 2.99. The van der Waals surface area contributed by atoms with E-state index in [0.29, 0.717) is 16.9 Å². The fourth-order valence-corrected chi connectivity index (χ4v) is 0.975. The molecule has 0 heterocycles. The van der Waals surface area contributed by atoms with E-state index in [9.17, 15) is 9.90 Å². The molecule has 1 aromatic carbocycles. The van der Waals surface area contributed by atoms with Crippen molar-refractivity contribution in [2.45, 2.75) is 6.92 Å². The molecule has 1 rings (SSSR count). The zero-order chi connectivity index (χ0) is 11.4. The summed E-state index contributed by atoms with van der Waals surface area (Å²) in [6.45, 7) is 8.60. The van der Waals surface area contributed by atoms with Gasteiger partial charge in [-0.25, -0.2) is 4.79 Å². The predicted molar refractivity (Wildman–Crippen MR) is 58.6 cm³/mol. The highest BCUT2D eigenvalue weighted by Gasteiger charge is 2.08. The van der Waals surface area contributed by atoms with Crippen LogP contribution in [-0.4, -0.2) is 11.1 Å². The molecule has 0 bridgehead atoms. The first kappa shape index (κ1) is 11.0. The summed E-state index contributed by atoms with van der Waals surface area (Å²) in [6.07, 6.45) is 1.50. The third kappa shape index (κ3) is 2.71. The number of hydrogen-bond donors (Lipinski definition) is 1. The van der Waals surface area contributed by atoms with Crippen molar-refractivity contribution in [1.82, 2.24) is 0 Å². The van der Waals surface area contributed by atoms with Gasteiger partial charge in [0.05, 0.1) is 0 Å². The molecule has 0 radical (unpaired) electrons. The fourth-order valence-electron chi connectivity index (χ4n) is 0.975. The maximum absolute atomic E-state index is 11.2. The van der Waals surface area contributed by atoms with Crippen molar-refractivity contribution < 1.29 is 14.6 Å². The molecule has 78 valence electrons. The standard InChI is InChI=1S/C12H12O3/c1-4-9-7-10(13)5-6-11(9)15-12(14)8(2)3/h4-7,13H,1-2H2,3H3. The van der Waals surface area contributed by atoms with Crippen molar-refractivity contribution in [2.75, 3.05) is 0 Å². The van der Waals surface area contributed by atoms with Crippen LogP contribution >= 0.6 is 0 Å². The van der Waals surface area contributed by atoms with Gasteiger partial charge in [0.25, 0.3) is 0 Å². The zero-order valence-corrected chi connectivity index (χ0v) is 8.49. The third-order valence-electron chi connectivity index (χ3n) is 1.76. The minimum absolute atomic E-state index is 0.0972. The Bertz CT molecular complexity index is 419. The average molecular weight is 204 g/mol. The molecule has 3 heteroatoms. The summed E-state index contributed by atoms with van der Waals surface area (Å²) >= 11 is 0. The minimum atomic E-state index is -0.496. The summed E-state index contributed by atoms with van der Waals surface area (Å²) in [4.78, 5) is 11.2. The Hall–Kier alpha value is -2.03. The highest BCUT2D eigenvalue weighted by Crippen LogP contribution is 2.24. The van der Waals surface area contributed by atoms with Crippen LogP contribution in [0.25, 0.3) is 6.08 Å². The highest BCUT2D eigenvalue weighted by molar-refractivity contribution is 5.89. The number of aromatic hydroxyl groups is 1. The number of benzene rings is 1. The Morgan fingerprint density at radius 1 is 1.53 bits per heavy atom. The number of esters is 1. The molecule has 0 saturated carbocycles. The molecule has 0 saturated heterocycles. The summed E-state index contributed by atoms with van der Waals surface area (Å²) in [5.41, 5.74) is 0.877. The molecule has 0 fully saturated rings. The lowest BCUT2D eigenvalue weighted by atomic mass is 10.2. The van der Waals surface area contributed by atoms with Crippen LogP contribution in [0.2, 0.25) is 0 Å². The lowest BCUT2D eigenvalue weighted by molar-refractivity contribution is -0.130. The van der Waals surface area contributed by atoms with Crippen molar-refractivity contribution in [3.63, 3.8) is 0 Å². The molecule has 0 unspecified atom stereocenters. The molecule has 0 aromatic heterocycles. The molecular formula is C12H12O3. The highest BCUT2D eigenvalue weighted by atomic mass is 16.5. The number of ether oxygens (including phenoxy) is 1. The Kier molecular flexibility index (Phi) is 3.29. The van der Waals surface area contributed by atoms with Crippen LogP contribution in [0, 0.1) is 0 Å². The van der Waals surface area contributed by atoms with Gasteiger partial charge < -0.3 is 9.84 Å². The molecule has 0 aliphatic heterocycles. The van der Waals surface area contributed by atoms with Gasteiger partial charge in [0.2, 0.25) is 0 Å². The van der Waals surface area contributed by atoms with E-state index < -0.39 is 5.97 Å². The van der Waals surface area contributed by atoms with Crippen molar-refractivity contribution in [3.05, 3.63) is 42.5 Å². The fraction of sp³-hybridized carbons (Fsp3) is 0.0833. The van der Waals surface area contributed by atoms with Gasteiger partial charge in [0, 0.05) is 11.1 Å². The number of hydrogen-bond acceptors (Lipinski definition) is 3. The first-order chi connectivity index (χ1) is 7.04. The number of phenols is 1. The molecular weight excluding hydrogens is 192 g/mol. The van der Waals surface area contributed by atoms with Gasteiger partial charge >= 0.3 is 5.97 Å². The van der Waals surface area contributed by atoms with Gasteiger partial charge in [-0.1, -0.05) is 19.2 Å². The largest absolute Gasteiger partial charge is 0.508 e. The number of rotatable bonds is 3. The third-order valence-corrected chi connectivity index (χ3v) is 1.76. The lowest BCUT2D eigenvalue weighted by Crippen LogP contribution is -2.08. The van der Waals surface area contributed by atoms with Crippen LogP contribution in [0.3, 0.4) is 0 Å². The lowest BCUT2D eigenvalue weighted by Gasteiger charge is -2.07. The molecule has 0 aliphatic carbocycles. The van der Waals surface area contributed by atoms with Gasteiger partial charge in [-0.3, -0.25) is 0 Å². The van der Waals surface area contributed by atoms with Crippen LogP contribution in [0.4, 0.5) is 0 Å². The SMILES string of the molecule is C=Cc1cc(O)ccc1OC(=O)C(=C)C. The first-order valence-corrected chi connectivity index (χ1v) is 4.37. The van der Waals surface area contributed by atoms with E-state index >= 15 is 0 Å². The summed E-state index contributed by atoms with van der Waals surface area (Å²) in [6, 6.07) is 4.41. The van der Waals surface area contributed by atoms with Gasteiger partial charge in [0.15, 0.2) is 0 Å². The Morgan fingerprint density at radius 3 is 2.73 bits per heavy atom. The van der Waals surface area contributed by atoms with E-state index in [1.165, 1.54) is 24.3 Å². The van der Waals surface area contributed by atoms with Gasteiger partial charge in [-0.2, -0.15) is 0 Å². The topological polar surface area (TPSA) is 46.5 Å². The molecule has 0 spiro atoms. The first-order valence-electron chi connectivity index (χ1n) is 4.37. The molecule has 1 N–H and O–H groups in total. The molecule has 15 heavy (non-hydrogen) atoms. The zero-order valence-electron chi connectivity index (χ0n) is 8.49. The van der Waals surface area contributed by atoms with E-state index in [4.69, 9.17) is 4.74 Å². The van der Waals surface area contributed by atoms with Crippen LogP contribution < -0.4 is 4.74 Å². The van der Waals surface area contributed by atoms with Crippen LogP contribution in [0.5, 0.6) is 11.5 Å². The summed E-state index contributed by atoms with van der Waals surface area (Å²) in [5, 5.41) is 9.21. The number of phenolic OH excluding ortho intramolecular Hbond substituents is 1. The number of carbonyl (C=O) groups is 1. The summed E-state index contributed by atoms with van der Waals surface area (Å²) in [7, 11) is 0. The Morgan fingerprint density at radius 2 is 2.20 bits per heavy atom. The van der Waals surface area contributed by atoms with E-state index in [2.05, 4.69) is 13.2 Å². The van der Waals surface area contributed by atoms with Gasteiger partial charge in [-0.15, -0.1) is 0 Å². The second-order valence-corrected chi connectivity index (χ2v) is 3.10. The molecule has 0 aliphatic rings. The van der Waals surface area contributed by atoms with Crippen molar-refractivity contribution in [2.24, 2.45) is 0 Å². The van der Waals surface area contributed by atoms with E-state index in [0.717, 1.165) is 0 Å². The van der Waals surface area contributed by atoms with Crippen molar-refractivity contribution >= 4 is 12.0 Å². The monoisotopic (exact) mass is 204 g/mol. The average Bonchev–Trinajstić information content (AvgIpc) is 2.20. The van der Waals surface area contributed by atoms with Crippen LogP contribution in [-0.2, 0) is 4.79 Å². The molecule has 3 nitrogen and oxygen atoms in total. The van der Waals surface area contributed by atoms with Gasteiger partial charge in [0.1, 0.15) is 11.5 Å². The van der Waals surface area contributed by atoms with Crippen LogP contribution in [0.15, 0.2) is 36.9 Å². The predicted octanol–water partition coefficient (Wildman–Crippen LogP) is 2.52. The normalized spacial score (nSPS) is 9.40. The minimum Gasteiger partial charge on any atom is -0.508 e. The number of carbonyl (C=O) groups excluding carboxylic acids is 1. The van der Waals surface area contributed by atoms with Crippen molar-refractivity contribution in [3.8, 4) is 11.5 Å².